The Morgan fingerprint density at radius 3 is 0.898 bits per heavy atom. The summed E-state index contributed by atoms with van der Waals surface area (Å²) in [5, 5.41) is 44.9. The van der Waals surface area contributed by atoms with Crippen LogP contribution in [0.25, 0.3) is 45.5 Å². The molecular weight excluding hydrogens is 1720 g/mol. The van der Waals surface area contributed by atoms with Gasteiger partial charge in [-0.1, -0.05) is 277 Å². The van der Waals surface area contributed by atoms with Crippen LogP contribution in [-0.4, -0.2) is 118 Å². The normalized spacial score (nSPS) is 24.5. The van der Waals surface area contributed by atoms with Crippen LogP contribution >= 0.6 is 27.5 Å². The highest BCUT2D eigenvalue weighted by molar-refractivity contribution is 9.10. The molecule has 0 radical (unpaired) electrons. The van der Waals surface area contributed by atoms with Gasteiger partial charge in [-0.2, -0.15) is 0 Å². The molecule has 0 unspecified atom stereocenters. The van der Waals surface area contributed by atoms with Gasteiger partial charge < -0.3 is 4.42 Å². The second kappa shape index (κ2) is 37.2. The largest absolute Gasteiger partial charge is 0.444 e. The smallest absolute Gasteiger partial charge is 0.282 e. The summed E-state index contributed by atoms with van der Waals surface area (Å²) in [6.45, 7) is 3.83. The van der Waals surface area contributed by atoms with Gasteiger partial charge in [0.1, 0.15) is 4.87 Å². The molecule has 5 fully saturated rings. The quantitative estimate of drug-likeness (QED) is 0.0156. The second-order valence-corrected chi connectivity index (χ2v) is 32.7. The van der Waals surface area contributed by atoms with Gasteiger partial charge in [0, 0.05) is 110 Å². The molecule has 19 rings (SSSR count). The standard InChI is InChI=1S/C21H18ClN3O2.C21H18FN3O2.C20H15F2N3O2.C19H15FN2O3.C16H13BrFNO2/c1-13-11-23-19(24-12-13)16-9-7-15(8-10-16)18-17(14-5-3-2-4-6-14)21(18,22)20(26)25-27;1-13-11-12-23-19(24-13)16-9-7-15(8-10-16)18-17(14-5-3-2-4-6-14)21(18,22)20(26)25-27;21-15-10-23-18(24-11-15)14-8-6-13(7-9-14)17-16(12-4-2-1-3-5-12)20(17,22)19(26)25-27;20-19(18(23)22-24)16(13-4-2-1-3-5-13)17(19)14-8-6-12(7-9-14)15-10-21-11-25-15;17-12-8-6-11(7-9-12)14-13(10-4-2-1-3-5-10)16(14,18)15(20)19-21/h2*2-12,17-18,27H,1H3,(H,25,26);1-11,16-17,27H,(H,25,26);1-11,16-17,24H,(H,22,23);1-9,13-14,21H,(H,19,20)/t2*17-,18-,21+;16-,17-,20+;16-,17-,19+;13-,14-,16+/m11111/s1. The first-order chi connectivity index (χ1) is 61.4. The fourth-order valence-electron chi connectivity index (χ4n) is 17.3. The molecule has 23 nitrogen and oxygen atoms in total. The van der Waals surface area contributed by atoms with E-state index in [-0.39, 0.29) is 11.8 Å². The van der Waals surface area contributed by atoms with Crippen molar-refractivity contribution in [2.24, 2.45) is 0 Å². The lowest BCUT2D eigenvalue weighted by molar-refractivity contribution is -0.136. The maximum atomic E-state index is 15.5. The van der Waals surface area contributed by atoms with Gasteiger partial charge in [0.25, 0.3) is 29.5 Å². The van der Waals surface area contributed by atoms with E-state index in [1.54, 1.807) is 188 Å². The summed E-state index contributed by atoms with van der Waals surface area (Å²) >= 11 is 10.0. The molecule has 14 aromatic rings. The number of nitrogens with zero attached hydrogens (tertiary/aromatic N) is 7. The second-order valence-electron chi connectivity index (χ2n) is 31.1. The number of alkyl halides is 5. The number of benzene rings is 10. The molecule has 0 spiro atoms. The average Bonchev–Trinajstić information content (AvgIpc) is 1.55. The fourth-order valence-corrected chi connectivity index (χ4v) is 18.0. The Morgan fingerprint density at radius 1 is 0.339 bits per heavy atom. The molecule has 642 valence electrons. The molecule has 10 N–H and O–H groups in total. The van der Waals surface area contributed by atoms with Crippen LogP contribution in [0.1, 0.15) is 126 Å². The molecule has 30 heteroatoms. The van der Waals surface area contributed by atoms with Crippen LogP contribution in [0.3, 0.4) is 0 Å². The summed E-state index contributed by atoms with van der Waals surface area (Å²) in [6, 6.07) is 83.4. The lowest BCUT2D eigenvalue weighted by Gasteiger charge is -2.07. The zero-order chi connectivity index (χ0) is 89.5. The molecule has 15 atom stereocenters. The summed E-state index contributed by atoms with van der Waals surface area (Å²) < 4.78 is 80.5. The highest BCUT2D eigenvalue weighted by Gasteiger charge is 2.76. The Bertz CT molecular complexity index is 6040. The van der Waals surface area contributed by atoms with Crippen molar-refractivity contribution >= 4 is 57.1 Å². The van der Waals surface area contributed by atoms with Crippen LogP contribution in [-0.2, 0) is 24.0 Å². The van der Waals surface area contributed by atoms with Crippen LogP contribution in [0.15, 0.2) is 332 Å². The maximum absolute atomic E-state index is 15.5. The third-order valence-corrected chi connectivity index (χ3v) is 24.9. The van der Waals surface area contributed by atoms with Crippen molar-refractivity contribution in [1.82, 2.24) is 62.3 Å². The van der Waals surface area contributed by atoms with Crippen LogP contribution in [0.5, 0.6) is 0 Å². The molecule has 5 aliphatic carbocycles. The molecule has 5 saturated carbocycles. The van der Waals surface area contributed by atoms with E-state index in [4.69, 9.17) is 42.1 Å². The third-order valence-electron chi connectivity index (χ3n) is 23.7. The van der Waals surface area contributed by atoms with Gasteiger partial charge in [-0.05, 0) is 93.2 Å². The van der Waals surface area contributed by atoms with Crippen molar-refractivity contribution in [3.05, 3.63) is 400 Å². The van der Waals surface area contributed by atoms with Crippen molar-refractivity contribution in [1.29, 1.82) is 0 Å². The van der Waals surface area contributed by atoms with Crippen LogP contribution < -0.4 is 27.4 Å². The number of hydroxylamine groups is 5. The number of amides is 5. The molecular formula is C97H79BrClF5N12O11. The van der Waals surface area contributed by atoms with E-state index in [0.717, 1.165) is 78.2 Å². The number of oxazole rings is 1. The average molecular weight is 1800 g/mol. The number of carbonyl (C=O) groups is 5. The van der Waals surface area contributed by atoms with E-state index < -0.39 is 110 Å². The molecule has 0 saturated heterocycles. The summed E-state index contributed by atoms with van der Waals surface area (Å²) in [7, 11) is 0. The minimum absolute atomic E-state index is 0.214. The molecule has 10 aromatic carbocycles. The first kappa shape index (κ1) is 88.1. The van der Waals surface area contributed by atoms with Gasteiger partial charge in [0.05, 0.1) is 18.6 Å². The van der Waals surface area contributed by atoms with Gasteiger partial charge in [0.15, 0.2) is 35.4 Å². The SMILES string of the molecule is Cc1ccnc(-c2ccc([C@@H]3[C@@H](c4ccccc4)[C@@]3(F)C(=O)NO)cc2)n1.Cc1cnc(-c2ccc([C@@H]3[C@@H](c4ccccc4)[C@@]3(Cl)C(=O)NO)cc2)nc1.O=C(NO)[C@]1(F)[C@H](c2ccccc2)[C@H]1c1ccc(-c2cnco2)cc1.O=C(NO)[C@]1(F)[C@H](c2ccccc2)[C@H]1c1ccc(-c2ncc(F)cn2)cc1.O=C(NO)[C@]1(F)[C@H](c2ccccc2)[C@H]1c1ccc(Br)cc1. The highest BCUT2D eigenvalue weighted by atomic mass is 79.9. The monoisotopic (exact) mass is 1800 g/mol. The van der Waals surface area contributed by atoms with Crippen molar-refractivity contribution in [2.45, 2.75) is 101 Å². The summed E-state index contributed by atoms with van der Waals surface area (Å²) in [5.74, 6) is -8.70. The molecule has 5 aliphatic rings. The number of halogens is 7. The maximum Gasteiger partial charge on any atom is 0.282 e. The number of aromatic nitrogens is 7. The Balaban J connectivity index is 0.000000123. The molecule has 4 heterocycles. The van der Waals surface area contributed by atoms with Crippen LogP contribution in [0.2, 0.25) is 0 Å². The number of hydrogen-bond acceptors (Lipinski definition) is 18. The predicted octanol–water partition coefficient (Wildman–Crippen LogP) is 17.7. The van der Waals surface area contributed by atoms with Gasteiger partial charge in [0.2, 0.25) is 22.7 Å². The molecule has 4 aromatic heterocycles. The fraction of sp³-hybridized carbons (Fsp3) is 0.175. The van der Waals surface area contributed by atoms with Gasteiger partial charge in [-0.3, -0.25) is 50.0 Å². The van der Waals surface area contributed by atoms with E-state index in [1.807, 2.05) is 135 Å². The topological polar surface area (TPSA) is 350 Å². The first-order valence-electron chi connectivity index (χ1n) is 39.9. The zero-order valence-corrected chi connectivity index (χ0v) is 69.7. The van der Waals surface area contributed by atoms with Crippen molar-refractivity contribution < 1.29 is 76.4 Å². The van der Waals surface area contributed by atoms with E-state index in [0.29, 0.717) is 51.1 Å². The van der Waals surface area contributed by atoms with E-state index in [2.05, 4.69) is 50.8 Å². The number of nitrogens with one attached hydrogen (secondary N) is 5. The van der Waals surface area contributed by atoms with E-state index in [9.17, 15) is 28.4 Å². The van der Waals surface area contributed by atoms with Crippen LogP contribution in [0, 0.1) is 19.7 Å². The molecule has 127 heavy (non-hydrogen) atoms. The van der Waals surface area contributed by atoms with Crippen molar-refractivity contribution in [3.8, 4) is 45.5 Å². The summed E-state index contributed by atoms with van der Waals surface area (Å²) in [4.78, 5) is 87.8. The minimum atomic E-state index is -2.23. The first-order valence-corrected chi connectivity index (χ1v) is 41.1. The summed E-state index contributed by atoms with van der Waals surface area (Å²) in [5.41, 5.74) is 11.3. The lowest BCUT2D eigenvalue weighted by Crippen LogP contribution is -2.33. The molecule has 5 amide bonds. The zero-order valence-electron chi connectivity index (χ0n) is 67.3. The Kier molecular flexibility index (Phi) is 25.8. The van der Waals surface area contributed by atoms with Crippen LogP contribution in [0.4, 0.5) is 22.0 Å². The molecule has 0 aliphatic heterocycles. The predicted molar refractivity (Wildman–Crippen MR) is 461 cm³/mol. The van der Waals surface area contributed by atoms with Crippen molar-refractivity contribution in [2.75, 3.05) is 0 Å². The van der Waals surface area contributed by atoms with E-state index in [1.165, 1.54) is 28.3 Å². The van der Waals surface area contributed by atoms with Gasteiger partial charge in [-0.25, -0.2) is 84.2 Å². The van der Waals surface area contributed by atoms with Gasteiger partial charge in [-0.15, -0.1) is 11.6 Å². The minimum Gasteiger partial charge on any atom is -0.444 e. The number of rotatable bonds is 19. The van der Waals surface area contributed by atoms with Gasteiger partial charge >= 0.3 is 0 Å². The number of carbonyl (C=O) groups excluding carboxylic acids is 5. The van der Waals surface area contributed by atoms with Crippen molar-refractivity contribution in [3.63, 3.8) is 0 Å². The summed E-state index contributed by atoms with van der Waals surface area (Å²) in [6.07, 6.45) is 10.3. The lowest BCUT2D eigenvalue weighted by atomic mass is 10.0. The third kappa shape index (κ3) is 17.5. The Morgan fingerprint density at radius 2 is 0.606 bits per heavy atom. The Hall–Kier alpha value is -13.8. The van der Waals surface area contributed by atoms with E-state index >= 15 is 17.6 Å². The number of aryl methyl sites for hydroxylation is 2. The number of hydrogen-bond donors (Lipinski definition) is 10. The molecule has 0 bridgehead atoms. The Labute approximate surface area is 737 Å². The highest BCUT2D eigenvalue weighted by Crippen LogP contribution is 2.71.